The molecule has 0 fully saturated rings. The van der Waals surface area contributed by atoms with Gasteiger partial charge in [-0.25, -0.2) is 0 Å². The summed E-state index contributed by atoms with van der Waals surface area (Å²) in [6.45, 7) is 0.480. The van der Waals surface area contributed by atoms with Crippen molar-refractivity contribution in [1.82, 2.24) is 0 Å². The van der Waals surface area contributed by atoms with E-state index >= 15 is 0 Å². The van der Waals surface area contributed by atoms with Crippen molar-refractivity contribution in [3.05, 3.63) is 89.5 Å². The van der Waals surface area contributed by atoms with Gasteiger partial charge in [0.15, 0.2) is 0 Å². The summed E-state index contributed by atoms with van der Waals surface area (Å²) in [6, 6.07) is 22.8. The number of hydrogen-bond acceptors (Lipinski definition) is 4. The molecule has 4 heteroatoms. The van der Waals surface area contributed by atoms with Gasteiger partial charge in [-0.3, -0.25) is 0 Å². The Labute approximate surface area is 153 Å². The van der Waals surface area contributed by atoms with Gasteiger partial charge in [-0.2, -0.15) is 0 Å². The van der Waals surface area contributed by atoms with Crippen molar-refractivity contribution < 1.29 is 19.3 Å². The minimum absolute atomic E-state index is 0.480. The molecule has 3 aromatic carbocycles. The SMILES string of the molecule is COc1cc(OC)cc(C(O)c2cccc(OCc3ccccc3)c2)c1. The van der Waals surface area contributed by atoms with Gasteiger partial charge in [0.05, 0.1) is 14.2 Å². The Kier molecular flexibility index (Phi) is 5.77. The van der Waals surface area contributed by atoms with Crippen LogP contribution in [0.5, 0.6) is 17.2 Å². The quantitative estimate of drug-likeness (QED) is 0.688. The zero-order chi connectivity index (χ0) is 18.4. The Morgan fingerprint density at radius 3 is 2.04 bits per heavy atom. The van der Waals surface area contributed by atoms with Crippen LogP contribution < -0.4 is 14.2 Å². The number of benzene rings is 3. The number of methoxy groups -OCH3 is 2. The average molecular weight is 350 g/mol. The third-order valence-corrected chi connectivity index (χ3v) is 4.11. The molecule has 0 aliphatic heterocycles. The standard InChI is InChI=1S/C22H22O4/c1-24-20-12-18(13-21(14-20)25-2)22(23)17-9-6-10-19(11-17)26-15-16-7-4-3-5-8-16/h3-14,22-23H,15H2,1-2H3. The molecule has 0 saturated heterocycles. The predicted octanol–water partition coefficient (Wildman–Crippen LogP) is 4.36. The van der Waals surface area contributed by atoms with Gasteiger partial charge in [-0.1, -0.05) is 42.5 Å². The number of ether oxygens (including phenoxy) is 3. The van der Waals surface area contributed by atoms with E-state index < -0.39 is 6.10 Å². The van der Waals surface area contributed by atoms with Crippen molar-refractivity contribution in [1.29, 1.82) is 0 Å². The molecule has 0 bridgehead atoms. The van der Waals surface area contributed by atoms with Crippen LogP contribution in [0.15, 0.2) is 72.8 Å². The largest absolute Gasteiger partial charge is 0.497 e. The Hall–Kier alpha value is -2.98. The number of aliphatic hydroxyl groups is 1. The van der Waals surface area contributed by atoms with E-state index in [-0.39, 0.29) is 0 Å². The maximum atomic E-state index is 10.8. The van der Waals surface area contributed by atoms with Crippen LogP contribution in [0, 0.1) is 0 Å². The molecule has 3 rings (SSSR count). The maximum absolute atomic E-state index is 10.8. The van der Waals surface area contributed by atoms with Gasteiger partial charge < -0.3 is 19.3 Å². The minimum Gasteiger partial charge on any atom is -0.497 e. The molecule has 1 atom stereocenters. The molecule has 134 valence electrons. The summed E-state index contributed by atoms with van der Waals surface area (Å²) in [4.78, 5) is 0. The van der Waals surface area contributed by atoms with Crippen LogP contribution in [0.1, 0.15) is 22.8 Å². The van der Waals surface area contributed by atoms with E-state index in [2.05, 4.69) is 0 Å². The van der Waals surface area contributed by atoms with Crippen molar-refractivity contribution in [2.24, 2.45) is 0 Å². The highest BCUT2D eigenvalue weighted by molar-refractivity contribution is 5.43. The fourth-order valence-electron chi connectivity index (χ4n) is 2.70. The first kappa shape index (κ1) is 17.8. The molecule has 0 aliphatic rings. The van der Waals surface area contributed by atoms with E-state index in [0.717, 1.165) is 11.1 Å². The fraction of sp³-hybridized carbons (Fsp3) is 0.182. The summed E-state index contributed by atoms with van der Waals surface area (Å²) < 4.78 is 16.4. The molecule has 4 nitrogen and oxygen atoms in total. The first-order valence-corrected chi connectivity index (χ1v) is 8.37. The summed E-state index contributed by atoms with van der Waals surface area (Å²) in [5, 5.41) is 10.8. The van der Waals surface area contributed by atoms with Crippen LogP contribution in [-0.2, 0) is 6.61 Å². The van der Waals surface area contributed by atoms with Crippen molar-refractivity contribution in [2.75, 3.05) is 14.2 Å². The highest BCUT2D eigenvalue weighted by Crippen LogP contribution is 2.31. The second kappa shape index (κ2) is 8.41. The molecule has 1 N–H and O–H groups in total. The van der Waals surface area contributed by atoms with Gasteiger partial charge >= 0.3 is 0 Å². The molecule has 0 aliphatic carbocycles. The second-order valence-corrected chi connectivity index (χ2v) is 5.90. The maximum Gasteiger partial charge on any atom is 0.122 e. The third kappa shape index (κ3) is 4.35. The molecule has 1 unspecified atom stereocenters. The van der Waals surface area contributed by atoms with Crippen molar-refractivity contribution in [2.45, 2.75) is 12.7 Å². The summed E-state index contributed by atoms with van der Waals surface area (Å²) in [5.41, 5.74) is 2.53. The summed E-state index contributed by atoms with van der Waals surface area (Å²) in [7, 11) is 3.17. The van der Waals surface area contributed by atoms with Crippen molar-refractivity contribution in [3.63, 3.8) is 0 Å². The zero-order valence-corrected chi connectivity index (χ0v) is 14.9. The summed E-state index contributed by atoms with van der Waals surface area (Å²) >= 11 is 0. The topological polar surface area (TPSA) is 47.9 Å². The lowest BCUT2D eigenvalue weighted by Gasteiger charge is -2.15. The van der Waals surface area contributed by atoms with Gasteiger partial charge in [0.2, 0.25) is 0 Å². The fourth-order valence-corrected chi connectivity index (χ4v) is 2.70. The molecule has 0 aromatic heterocycles. The molecule has 26 heavy (non-hydrogen) atoms. The second-order valence-electron chi connectivity index (χ2n) is 5.90. The summed E-state index contributed by atoms with van der Waals surface area (Å²) in [5.74, 6) is 1.98. The molecule has 3 aromatic rings. The smallest absolute Gasteiger partial charge is 0.122 e. The Morgan fingerprint density at radius 2 is 1.38 bits per heavy atom. The molecule has 0 heterocycles. The lowest BCUT2D eigenvalue weighted by molar-refractivity contribution is 0.218. The van der Waals surface area contributed by atoms with Crippen LogP contribution in [-0.4, -0.2) is 19.3 Å². The minimum atomic E-state index is -0.806. The summed E-state index contributed by atoms with van der Waals surface area (Å²) in [6.07, 6.45) is -0.806. The van der Waals surface area contributed by atoms with E-state index in [1.165, 1.54) is 0 Å². The number of hydrogen-bond donors (Lipinski definition) is 1. The predicted molar refractivity (Wildman–Crippen MR) is 101 cm³/mol. The van der Waals surface area contributed by atoms with Gasteiger partial charge in [0.25, 0.3) is 0 Å². The Balaban J connectivity index is 1.79. The monoisotopic (exact) mass is 350 g/mol. The van der Waals surface area contributed by atoms with Crippen LogP contribution in [0.3, 0.4) is 0 Å². The van der Waals surface area contributed by atoms with Gasteiger partial charge in [0, 0.05) is 6.07 Å². The molecular formula is C22H22O4. The molecule has 0 spiro atoms. The Morgan fingerprint density at radius 1 is 0.731 bits per heavy atom. The molecule has 0 amide bonds. The first-order chi connectivity index (χ1) is 12.7. The van der Waals surface area contributed by atoms with Crippen LogP contribution in [0.2, 0.25) is 0 Å². The van der Waals surface area contributed by atoms with E-state index in [4.69, 9.17) is 14.2 Å². The molecular weight excluding hydrogens is 328 g/mol. The number of aliphatic hydroxyl groups excluding tert-OH is 1. The highest BCUT2D eigenvalue weighted by Gasteiger charge is 2.14. The van der Waals surface area contributed by atoms with Crippen molar-refractivity contribution in [3.8, 4) is 17.2 Å². The third-order valence-electron chi connectivity index (χ3n) is 4.11. The van der Waals surface area contributed by atoms with Crippen molar-refractivity contribution >= 4 is 0 Å². The van der Waals surface area contributed by atoms with E-state index in [1.807, 2.05) is 54.6 Å². The Bertz CT molecular complexity index is 824. The number of rotatable bonds is 7. The lowest BCUT2D eigenvalue weighted by Crippen LogP contribution is -2.02. The lowest BCUT2D eigenvalue weighted by atomic mass is 10.0. The highest BCUT2D eigenvalue weighted by atomic mass is 16.5. The van der Waals surface area contributed by atoms with Crippen LogP contribution >= 0.6 is 0 Å². The molecule has 0 saturated carbocycles. The van der Waals surface area contributed by atoms with Crippen LogP contribution in [0.25, 0.3) is 0 Å². The first-order valence-electron chi connectivity index (χ1n) is 8.37. The van der Waals surface area contributed by atoms with Gasteiger partial charge in [-0.15, -0.1) is 0 Å². The zero-order valence-electron chi connectivity index (χ0n) is 14.9. The van der Waals surface area contributed by atoms with Gasteiger partial charge in [0.1, 0.15) is 30.0 Å². The van der Waals surface area contributed by atoms with E-state index in [0.29, 0.717) is 29.4 Å². The van der Waals surface area contributed by atoms with Crippen LogP contribution in [0.4, 0.5) is 0 Å². The van der Waals surface area contributed by atoms with E-state index in [9.17, 15) is 5.11 Å². The molecule has 0 radical (unpaired) electrons. The van der Waals surface area contributed by atoms with E-state index in [1.54, 1.807) is 32.4 Å². The van der Waals surface area contributed by atoms with Gasteiger partial charge in [-0.05, 0) is 41.0 Å². The normalized spacial score (nSPS) is 11.7. The average Bonchev–Trinajstić information content (AvgIpc) is 2.72.